The Labute approximate surface area is 196 Å². The number of nitrogens with zero attached hydrogens (tertiary/aromatic N) is 2. The first-order chi connectivity index (χ1) is 15.3. The summed E-state index contributed by atoms with van der Waals surface area (Å²) in [5, 5.41) is 13.7. The van der Waals surface area contributed by atoms with Gasteiger partial charge in [-0.05, 0) is 80.9 Å². The Morgan fingerprint density at radius 3 is 3.03 bits per heavy atom. The lowest BCUT2D eigenvalue weighted by Crippen LogP contribution is -2.40. The van der Waals surface area contributed by atoms with Gasteiger partial charge in [0.05, 0.1) is 23.2 Å². The molecule has 1 aliphatic heterocycles. The molecule has 0 bridgehead atoms. The van der Waals surface area contributed by atoms with Gasteiger partial charge in [0.2, 0.25) is 0 Å². The maximum atomic E-state index is 12.9. The molecule has 2 unspecified atom stereocenters. The van der Waals surface area contributed by atoms with E-state index in [9.17, 15) is 10.1 Å². The quantitative estimate of drug-likeness (QED) is 0.621. The van der Waals surface area contributed by atoms with Gasteiger partial charge in [0.1, 0.15) is 22.1 Å². The lowest BCUT2D eigenvalue weighted by molar-refractivity contribution is 0.0892. The SMILES string of the molecule is CSCCC(C)(C#N)C1=CC2=C(CC1)CC(NC(=O)c1sc3nc(C)ccc3c1N)CO2. The fourth-order valence-electron chi connectivity index (χ4n) is 4.27. The van der Waals surface area contributed by atoms with Gasteiger partial charge in [-0.25, -0.2) is 4.98 Å². The van der Waals surface area contributed by atoms with Crippen LogP contribution < -0.4 is 11.1 Å². The van der Waals surface area contributed by atoms with Crippen molar-refractivity contribution in [3.8, 4) is 6.07 Å². The third kappa shape index (κ3) is 4.37. The van der Waals surface area contributed by atoms with Crippen LogP contribution in [0.4, 0.5) is 5.69 Å². The van der Waals surface area contributed by atoms with Crippen molar-refractivity contribution in [3.63, 3.8) is 0 Å². The number of allylic oxidation sites excluding steroid dienone is 2. The number of anilines is 1. The molecule has 32 heavy (non-hydrogen) atoms. The van der Waals surface area contributed by atoms with E-state index in [1.165, 1.54) is 16.9 Å². The minimum Gasteiger partial charge on any atom is -0.491 e. The summed E-state index contributed by atoms with van der Waals surface area (Å²) in [6.07, 6.45) is 7.44. The molecular formula is C24H28N4O2S2. The molecule has 4 rings (SSSR count). The van der Waals surface area contributed by atoms with E-state index in [0.29, 0.717) is 17.2 Å². The number of carbonyl (C=O) groups excluding carboxylic acids is 1. The smallest absolute Gasteiger partial charge is 0.263 e. The molecule has 2 atom stereocenters. The summed E-state index contributed by atoms with van der Waals surface area (Å²) in [6, 6.07) is 6.24. The highest BCUT2D eigenvalue weighted by Crippen LogP contribution is 2.41. The van der Waals surface area contributed by atoms with E-state index in [2.05, 4.69) is 28.7 Å². The number of aromatic nitrogens is 1. The molecule has 0 saturated carbocycles. The third-order valence-electron chi connectivity index (χ3n) is 6.32. The van der Waals surface area contributed by atoms with Crippen molar-refractivity contribution in [2.45, 2.75) is 45.6 Å². The normalized spacial score (nSPS) is 20.1. The first kappa shape index (κ1) is 22.7. The van der Waals surface area contributed by atoms with E-state index in [4.69, 9.17) is 10.5 Å². The summed E-state index contributed by atoms with van der Waals surface area (Å²) < 4.78 is 6.04. The molecule has 0 saturated heterocycles. The predicted molar refractivity (Wildman–Crippen MR) is 132 cm³/mol. The summed E-state index contributed by atoms with van der Waals surface area (Å²) >= 11 is 3.09. The van der Waals surface area contributed by atoms with Gasteiger partial charge < -0.3 is 15.8 Å². The van der Waals surface area contributed by atoms with Crippen molar-refractivity contribution in [2.75, 3.05) is 24.3 Å². The van der Waals surface area contributed by atoms with Crippen molar-refractivity contribution in [3.05, 3.63) is 45.7 Å². The molecule has 168 valence electrons. The second-order valence-electron chi connectivity index (χ2n) is 8.66. The first-order valence-electron chi connectivity index (χ1n) is 10.8. The van der Waals surface area contributed by atoms with Crippen LogP contribution in [0.3, 0.4) is 0 Å². The second-order valence-corrected chi connectivity index (χ2v) is 10.6. The number of pyridine rings is 1. The number of nitrogens with two attached hydrogens (primary N) is 1. The number of rotatable bonds is 6. The van der Waals surface area contributed by atoms with Crippen LogP contribution in [0.25, 0.3) is 10.2 Å². The average Bonchev–Trinajstić information content (AvgIpc) is 3.12. The highest BCUT2D eigenvalue weighted by molar-refractivity contribution is 7.98. The largest absolute Gasteiger partial charge is 0.491 e. The maximum Gasteiger partial charge on any atom is 0.263 e. The third-order valence-corrected chi connectivity index (χ3v) is 8.05. The molecule has 3 N–H and O–H groups in total. The highest BCUT2D eigenvalue weighted by Gasteiger charge is 2.33. The predicted octanol–water partition coefficient (Wildman–Crippen LogP) is 4.96. The van der Waals surface area contributed by atoms with Crippen LogP contribution in [-0.4, -0.2) is 35.5 Å². The number of hydrogen-bond acceptors (Lipinski definition) is 7. The number of carbonyl (C=O) groups is 1. The van der Waals surface area contributed by atoms with Gasteiger partial charge in [-0.3, -0.25) is 4.79 Å². The van der Waals surface area contributed by atoms with Gasteiger partial charge in [0.25, 0.3) is 5.91 Å². The van der Waals surface area contributed by atoms with E-state index in [1.54, 1.807) is 11.8 Å². The molecule has 8 heteroatoms. The minimum absolute atomic E-state index is 0.102. The number of fused-ring (bicyclic) bond motifs is 1. The second kappa shape index (κ2) is 9.16. The van der Waals surface area contributed by atoms with Crippen molar-refractivity contribution in [1.29, 1.82) is 5.26 Å². The van der Waals surface area contributed by atoms with Crippen molar-refractivity contribution in [2.24, 2.45) is 5.41 Å². The number of nitriles is 1. The zero-order chi connectivity index (χ0) is 22.9. The van der Waals surface area contributed by atoms with Gasteiger partial charge in [-0.2, -0.15) is 17.0 Å². The monoisotopic (exact) mass is 468 g/mol. The Morgan fingerprint density at radius 1 is 1.47 bits per heavy atom. The Kier molecular flexibility index (Phi) is 6.50. The lowest BCUT2D eigenvalue weighted by atomic mass is 9.75. The molecule has 2 aromatic rings. The van der Waals surface area contributed by atoms with Gasteiger partial charge in [-0.15, -0.1) is 11.3 Å². The fraction of sp³-hybridized carbons (Fsp3) is 0.458. The molecule has 0 aromatic carbocycles. The Balaban J connectivity index is 1.47. The summed E-state index contributed by atoms with van der Waals surface area (Å²) in [6.45, 7) is 4.36. The Bertz CT molecular complexity index is 1160. The van der Waals surface area contributed by atoms with Crippen LogP contribution in [0.1, 0.15) is 48.0 Å². The number of thiophene rings is 1. The lowest BCUT2D eigenvalue weighted by Gasteiger charge is -2.33. The molecule has 2 aromatic heterocycles. The Hall–Kier alpha value is -2.50. The van der Waals surface area contributed by atoms with Crippen molar-refractivity contribution < 1.29 is 9.53 Å². The van der Waals surface area contributed by atoms with Gasteiger partial charge in [0, 0.05) is 11.1 Å². The van der Waals surface area contributed by atoms with E-state index in [-0.39, 0.29) is 11.9 Å². The standard InChI is InChI=1S/C24H28N4O2S2/c1-14-4-7-18-20(26)21(32-23(18)27-14)22(29)28-17-10-15-5-6-16(11-19(15)30-12-17)24(2,13-25)8-9-31-3/h4,7,11,17H,5-6,8-10,12,26H2,1-3H3,(H,28,29). The number of hydrogen-bond donors (Lipinski definition) is 2. The molecule has 0 fully saturated rings. The molecule has 2 aliphatic rings. The van der Waals surface area contributed by atoms with Crippen LogP contribution >= 0.6 is 23.1 Å². The number of nitrogens with one attached hydrogen (secondary N) is 1. The molecule has 0 spiro atoms. The first-order valence-corrected chi connectivity index (χ1v) is 13.0. The molecule has 3 heterocycles. The number of amides is 1. The Morgan fingerprint density at radius 2 is 2.28 bits per heavy atom. The van der Waals surface area contributed by atoms with E-state index >= 15 is 0 Å². The fourth-order valence-corrected chi connectivity index (χ4v) is 5.92. The molecular weight excluding hydrogens is 440 g/mol. The highest BCUT2D eigenvalue weighted by atomic mass is 32.2. The van der Waals surface area contributed by atoms with Crippen LogP contribution in [0.2, 0.25) is 0 Å². The summed E-state index contributed by atoms with van der Waals surface area (Å²) in [5.41, 5.74) is 9.52. The summed E-state index contributed by atoms with van der Waals surface area (Å²) in [4.78, 5) is 18.7. The summed E-state index contributed by atoms with van der Waals surface area (Å²) in [7, 11) is 0. The van der Waals surface area contributed by atoms with E-state index < -0.39 is 5.41 Å². The number of thioether (sulfide) groups is 1. The van der Waals surface area contributed by atoms with Crippen LogP contribution in [0.5, 0.6) is 0 Å². The van der Waals surface area contributed by atoms with Gasteiger partial charge in [-0.1, -0.05) is 0 Å². The zero-order valence-corrected chi connectivity index (χ0v) is 20.3. The molecule has 0 radical (unpaired) electrons. The number of aryl methyl sites for hydroxylation is 1. The number of ether oxygens (including phenoxy) is 1. The van der Waals surface area contributed by atoms with Crippen molar-refractivity contribution >= 4 is 44.9 Å². The van der Waals surface area contributed by atoms with E-state index in [0.717, 1.165) is 58.7 Å². The van der Waals surface area contributed by atoms with E-state index in [1.807, 2.05) is 26.0 Å². The molecule has 1 amide bonds. The molecule has 6 nitrogen and oxygen atoms in total. The maximum absolute atomic E-state index is 12.9. The van der Waals surface area contributed by atoms with Crippen LogP contribution in [-0.2, 0) is 4.74 Å². The minimum atomic E-state index is -0.457. The zero-order valence-electron chi connectivity index (χ0n) is 18.7. The topological polar surface area (TPSA) is 101 Å². The van der Waals surface area contributed by atoms with Gasteiger partial charge in [0.15, 0.2) is 0 Å². The van der Waals surface area contributed by atoms with Crippen molar-refractivity contribution in [1.82, 2.24) is 10.3 Å². The molecule has 1 aliphatic carbocycles. The van der Waals surface area contributed by atoms with Crippen LogP contribution in [0, 0.1) is 23.7 Å². The van der Waals surface area contributed by atoms with Crippen LogP contribution in [0.15, 0.2) is 35.1 Å². The van der Waals surface area contributed by atoms with Gasteiger partial charge >= 0.3 is 0 Å². The summed E-state index contributed by atoms with van der Waals surface area (Å²) in [5.74, 6) is 1.66. The average molecular weight is 469 g/mol. The number of nitrogen functional groups attached to an aromatic ring is 1.